The van der Waals surface area contributed by atoms with Gasteiger partial charge in [0.1, 0.15) is 0 Å². The molecule has 116 valence electrons. The zero-order chi connectivity index (χ0) is 14.8. The van der Waals surface area contributed by atoms with Gasteiger partial charge in [-0.2, -0.15) is 0 Å². The van der Waals surface area contributed by atoms with E-state index in [1.165, 1.54) is 68.4 Å². The Labute approximate surface area is 131 Å². The van der Waals surface area contributed by atoms with E-state index in [-0.39, 0.29) is 5.78 Å². The number of carbonyl (C=O) groups is 1. The number of thiophene rings is 1. The van der Waals surface area contributed by atoms with Crippen LogP contribution in [0.4, 0.5) is 10.7 Å². The van der Waals surface area contributed by atoms with Gasteiger partial charge in [-0.3, -0.25) is 4.79 Å². The van der Waals surface area contributed by atoms with Crippen LogP contribution in [0.1, 0.15) is 85.9 Å². The SMILES string of the molecule is CC(=O)c1sc(NC2CCCCCCC2)c(C2CC2)c1N. The lowest BCUT2D eigenvalue weighted by molar-refractivity contribution is 0.102. The molecule has 1 aromatic heterocycles. The predicted octanol–water partition coefficient (Wildman–Crippen LogP) is 4.94. The van der Waals surface area contributed by atoms with Crippen LogP contribution in [-0.4, -0.2) is 11.8 Å². The number of nitrogens with one attached hydrogen (secondary N) is 1. The standard InChI is InChI=1S/C17H26N2OS/c1-11(20)16-15(18)14(12-9-10-12)17(21-16)19-13-7-5-3-2-4-6-8-13/h12-13,19H,2-10,18H2,1H3. The highest BCUT2D eigenvalue weighted by atomic mass is 32.1. The molecule has 0 bridgehead atoms. The normalized spacial score (nSPS) is 20.8. The van der Waals surface area contributed by atoms with Crippen molar-refractivity contribution in [2.45, 2.75) is 76.7 Å². The summed E-state index contributed by atoms with van der Waals surface area (Å²) in [5.74, 6) is 0.690. The van der Waals surface area contributed by atoms with E-state index in [9.17, 15) is 4.79 Å². The number of nitrogens with two attached hydrogens (primary N) is 1. The fourth-order valence-corrected chi connectivity index (χ4v) is 4.57. The van der Waals surface area contributed by atoms with Crippen molar-refractivity contribution in [3.63, 3.8) is 0 Å². The molecule has 1 aromatic rings. The molecule has 2 aliphatic rings. The number of Topliss-reactive ketones (excluding diaryl/α,β-unsaturated/α-hetero) is 1. The van der Waals surface area contributed by atoms with E-state index in [1.54, 1.807) is 18.3 Å². The minimum Gasteiger partial charge on any atom is -0.397 e. The van der Waals surface area contributed by atoms with E-state index in [0.717, 1.165) is 10.6 Å². The van der Waals surface area contributed by atoms with Crippen LogP contribution in [0.5, 0.6) is 0 Å². The number of carbonyl (C=O) groups excluding carboxylic acids is 1. The number of hydrogen-bond donors (Lipinski definition) is 2. The van der Waals surface area contributed by atoms with Crippen molar-refractivity contribution < 1.29 is 4.79 Å². The Morgan fingerprint density at radius 1 is 1.10 bits per heavy atom. The number of rotatable bonds is 4. The lowest BCUT2D eigenvalue weighted by Crippen LogP contribution is -2.20. The van der Waals surface area contributed by atoms with Gasteiger partial charge in [-0.1, -0.05) is 32.1 Å². The zero-order valence-corrected chi connectivity index (χ0v) is 13.7. The molecule has 21 heavy (non-hydrogen) atoms. The smallest absolute Gasteiger partial charge is 0.171 e. The largest absolute Gasteiger partial charge is 0.397 e. The minimum absolute atomic E-state index is 0.102. The summed E-state index contributed by atoms with van der Waals surface area (Å²) in [5, 5.41) is 4.93. The average Bonchev–Trinajstić information content (AvgIpc) is 3.17. The highest BCUT2D eigenvalue weighted by Gasteiger charge is 2.32. The van der Waals surface area contributed by atoms with Gasteiger partial charge in [0, 0.05) is 18.5 Å². The van der Waals surface area contributed by atoms with Crippen molar-refractivity contribution in [1.29, 1.82) is 0 Å². The summed E-state index contributed by atoms with van der Waals surface area (Å²) in [5.41, 5.74) is 8.25. The van der Waals surface area contributed by atoms with E-state index in [2.05, 4.69) is 5.32 Å². The lowest BCUT2D eigenvalue weighted by Gasteiger charge is -2.22. The number of nitrogen functional groups attached to an aromatic ring is 1. The minimum atomic E-state index is 0.102. The molecule has 0 unspecified atom stereocenters. The molecule has 3 nitrogen and oxygen atoms in total. The highest BCUT2D eigenvalue weighted by Crippen LogP contribution is 2.51. The molecule has 2 aliphatic carbocycles. The molecule has 4 heteroatoms. The second kappa shape index (κ2) is 6.39. The van der Waals surface area contributed by atoms with E-state index in [0.29, 0.717) is 12.0 Å². The Kier molecular flexibility index (Phi) is 4.53. The Balaban J connectivity index is 1.80. The van der Waals surface area contributed by atoms with Crippen LogP contribution in [0.3, 0.4) is 0 Å². The number of ketones is 1. The first kappa shape index (κ1) is 14.9. The zero-order valence-electron chi connectivity index (χ0n) is 12.9. The molecule has 0 amide bonds. The molecule has 0 aliphatic heterocycles. The van der Waals surface area contributed by atoms with Gasteiger partial charge in [0.05, 0.1) is 15.6 Å². The van der Waals surface area contributed by atoms with Gasteiger partial charge in [0.15, 0.2) is 5.78 Å². The molecule has 2 fully saturated rings. The van der Waals surface area contributed by atoms with Crippen molar-refractivity contribution in [2.75, 3.05) is 11.1 Å². The summed E-state index contributed by atoms with van der Waals surface area (Å²) in [6, 6.07) is 0.556. The van der Waals surface area contributed by atoms with Gasteiger partial charge in [0.2, 0.25) is 0 Å². The molecule has 0 radical (unpaired) electrons. The van der Waals surface area contributed by atoms with Gasteiger partial charge < -0.3 is 11.1 Å². The molecule has 1 heterocycles. The van der Waals surface area contributed by atoms with E-state index < -0.39 is 0 Å². The monoisotopic (exact) mass is 306 g/mol. The van der Waals surface area contributed by atoms with Gasteiger partial charge in [-0.05, 0) is 31.6 Å². The predicted molar refractivity (Wildman–Crippen MR) is 90.4 cm³/mol. The Hall–Kier alpha value is -1.03. The third-order valence-electron chi connectivity index (χ3n) is 4.73. The third-order valence-corrected chi connectivity index (χ3v) is 5.98. The summed E-state index contributed by atoms with van der Waals surface area (Å²) < 4.78 is 0. The molecule has 3 N–H and O–H groups in total. The number of anilines is 2. The molecule has 3 rings (SSSR count). The summed E-state index contributed by atoms with van der Waals surface area (Å²) in [7, 11) is 0. The van der Waals surface area contributed by atoms with Crippen molar-refractivity contribution in [1.82, 2.24) is 0 Å². The fourth-order valence-electron chi connectivity index (χ4n) is 3.39. The molecule has 2 saturated carbocycles. The maximum atomic E-state index is 11.8. The second-order valence-electron chi connectivity index (χ2n) is 6.60. The van der Waals surface area contributed by atoms with Gasteiger partial charge in [0.25, 0.3) is 0 Å². The van der Waals surface area contributed by atoms with Crippen LogP contribution in [0.15, 0.2) is 0 Å². The first-order valence-electron chi connectivity index (χ1n) is 8.36. The summed E-state index contributed by atoms with van der Waals surface area (Å²) in [6.07, 6.45) is 11.7. The Morgan fingerprint density at radius 2 is 1.71 bits per heavy atom. The maximum absolute atomic E-state index is 11.8. The maximum Gasteiger partial charge on any atom is 0.171 e. The fraction of sp³-hybridized carbons (Fsp3) is 0.706. The molecule has 0 spiro atoms. The first-order chi connectivity index (χ1) is 10.2. The summed E-state index contributed by atoms with van der Waals surface area (Å²) >= 11 is 1.58. The quantitative estimate of drug-likeness (QED) is 0.775. The van der Waals surface area contributed by atoms with E-state index >= 15 is 0 Å². The highest BCUT2D eigenvalue weighted by molar-refractivity contribution is 7.18. The van der Waals surface area contributed by atoms with Crippen molar-refractivity contribution in [3.8, 4) is 0 Å². The van der Waals surface area contributed by atoms with Crippen LogP contribution < -0.4 is 11.1 Å². The first-order valence-corrected chi connectivity index (χ1v) is 9.18. The van der Waals surface area contributed by atoms with Crippen molar-refractivity contribution in [3.05, 3.63) is 10.4 Å². The average molecular weight is 306 g/mol. The van der Waals surface area contributed by atoms with Crippen LogP contribution in [0.25, 0.3) is 0 Å². The molecular formula is C17H26N2OS. The van der Waals surface area contributed by atoms with Crippen molar-refractivity contribution in [2.24, 2.45) is 0 Å². The third kappa shape index (κ3) is 3.42. The summed E-state index contributed by atoms with van der Waals surface area (Å²) in [4.78, 5) is 12.5. The molecule has 0 aromatic carbocycles. The Morgan fingerprint density at radius 3 is 2.29 bits per heavy atom. The number of hydrogen-bond acceptors (Lipinski definition) is 4. The van der Waals surface area contributed by atoms with Gasteiger partial charge >= 0.3 is 0 Å². The van der Waals surface area contributed by atoms with Gasteiger partial charge in [-0.25, -0.2) is 0 Å². The van der Waals surface area contributed by atoms with E-state index in [4.69, 9.17) is 5.73 Å². The van der Waals surface area contributed by atoms with Crippen LogP contribution in [0.2, 0.25) is 0 Å². The topological polar surface area (TPSA) is 55.1 Å². The lowest BCUT2D eigenvalue weighted by atomic mass is 9.96. The van der Waals surface area contributed by atoms with Crippen LogP contribution in [0, 0.1) is 0 Å². The van der Waals surface area contributed by atoms with Crippen LogP contribution >= 0.6 is 11.3 Å². The Bertz CT molecular complexity index is 511. The molecular weight excluding hydrogens is 280 g/mol. The van der Waals surface area contributed by atoms with Gasteiger partial charge in [-0.15, -0.1) is 11.3 Å². The summed E-state index contributed by atoms with van der Waals surface area (Å²) in [6.45, 7) is 1.62. The van der Waals surface area contributed by atoms with Crippen molar-refractivity contribution >= 4 is 27.8 Å². The van der Waals surface area contributed by atoms with Crippen LogP contribution in [-0.2, 0) is 0 Å². The van der Waals surface area contributed by atoms with E-state index in [1.807, 2.05) is 0 Å². The second-order valence-corrected chi connectivity index (χ2v) is 7.63. The molecule has 0 atom stereocenters. The molecule has 0 saturated heterocycles.